The van der Waals surface area contributed by atoms with Gasteiger partial charge in [-0.15, -0.1) is 0 Å². The zero-order chi connectivity index (χ0) is 17.6. The highest BCUT2D eigenvalue weighted by Crippen LogP contribution is 2.29. The van der Waals surface area contributed by atoms with Gasteiger partial charge in [0.1, 0.15) is 0 Å². The summed E-state index contributed by atoms with van der Waals surface area (Å²) < 4.78 is 10.4. The van der Waals surface area contributed by atoms with E-state index >= 15 is 0 Å². The molecule has 0 spiro atoms. The Bertz CT molecular complexity index is 564. The number of carbonyl (C=O) groups excluding carboxylic acids is 2. The largest absolute Gasteiger partial charge is 0.381 e. The van der Waals surface area contributed by atoms with Gasteiger partial charge >= 0.3 is 0 Å². The van der Waals surface area contributed by atoms with Gasteiger partial charge in [0.2, 0.25) is 17.7 Å². The molecule has 1 aromatic heterocycles. The summed E-state index contributed by atoms with van der Waals surface area (Å²) in [4.78, 5) is 28.0. The van der Waals surface area contributed by atoms with Gasteiger partial charge in [-0.05, 0) is 19.3 Å². The first-order chi connectivity index (χ1) is 11.4. The van der Waals surface area contributed by atoms with Crippen molar-refractivity contribution in [3.63, 3.8) is 0 Å². The summed E-state index contributed by atoms with van der Waals surface area (Å²) in [5.74, 6) is 0.959. The first-order valence-electron chi connectivity index (χ1n) is 8.40. The second-order valence-electron chi connectivity index (χ2n) is 6.59. The Morgan fingerprint density at radius 2 is 2.04 bits per heavy atom. The van der Waals surface area contributed by atoms with Crippen molar-refractivity contribution in [3.05, 3.63) is 11.7 Å². The maximum Gasteiger partial charge on any atom is 0.226 e. The summed E-state index contributed by atoms with van der Waals surface area (Å²) in [6.45, 7) is 5.24. The summed E-state index contributed by atoms with van der Waals surface area (Å²) >= 11 is 0. The molecule has 1 fully saturated rings. The Balaban J connectivity index is 1.73. The van der Waals surface area contributed by atoms with Crippen LogP contribution in [0.15, 0.2) is 4.52 Å². The highest BCUT2D eigenvalue weighted by atomic mass is 16.5. The molecule has 8 nitrogen and oxygen atoms in total. The van der Waals surface area contributed by atoms with Crippen molar-refractivity contribution in [2.24, 2.45) is 11.1 Å². The van der Waals surface area contributed by atoms with Crippen LogP contribution < -0.4 is 11.1 Å². The average Bonchev–Trinajstić information content (AvgIpc) is 3.03. The second-order valence-corrected chi connectivity index (χ2v) is 6.59. The average molecular weight is 338 g/mol. The number of nitrogens with two attached hydrogens (primary N) is 1. The molecule has 24 heavy (non-hydrogen) atoms. The molecule has 8 heteroatoms. The molecule has 0 aromatic carbocycles. The second kappa shape index (κ2) is 8.23. The lowest BCUT2D eigenvalue weighted by molar-refractivity contribution is -0.134. The van der Waals surface area contributed by atoms with Crippen LogP contribution in [0.5, 0.6) is 0 Å². The molecule has 0 atom stereocenters. The minimum atomic E-state index is -0.688. The molecule has 1 aromatic rings. The summed E-state index contributed by atoms with van der Waals surface area (Å²) in [6, 6.07) is 0. The third kappa shape index (κ3) is 4.77. The lowest BCUT2D eigenvalue weighted by Gasteiger charge is -2.34. The van der Waals surface area contributed by atoms with Crippen LogP contribution in [0, 0.1) is 5.41 Å². The van der Waals surface area contributed by atoms with Gasteiger partial charge < -0.3 is 20.3 Å². The van der Waals surface area contributed by atoms with Crippen molar-refractivity contribution >= 4 is 11.8 Å². The van der Waals surface area contributed by atoms with Crippen LogP contribution in [0.3, 0.4) is 0 Å². The minimum Gasteiger partial charge on any atom is -0.381 e. The van der Waals surface area contributed by atoms with Crippen LogP contribution in [-0.2, 0) is 20.7 Å². The number of rotatable bonds is 8. The van der Waals surface area contributed by atoms with Crippen LogP contribution in [-0.4, -0.2) is 41.7 Å². The fourth-order valence-electron chi connectivity index (χ4n) is 2.63. The van der Waals surface area contributed by atoms with Crippen LogP contribution >= 0.6 is 0 Å². The smallest absolute Gasteiger partial charge is 0.226 e. The minimum absolute atomic E-state index is 0.106. The van der Waals surface area contributed by atoms with Gasteiger partial charge in [0, 0.05) is 38.5 Å². The number of primary amides is 1. The van der Waals surface area contributed by atoms with Gasteiger partial charge in [-0.25, -0.2) is 0 Å². The first kappa shape index (κ1) is 18.4. The molecule has 2 rings (SSSR count). The van der Waals surface area contributed by atoms with E-state index in [-0.39, 0.29) is 24.3 Å². The van der Waals surface area contributed by atoms with E-state index in [4.69, 9.17) is 15.0 Å². The maximum absolute atomic E-state index is 12.0. The number of carbonyl (C=O) groups is 2. The molecule has 134 valence electrons. The van der Waals surface area contributed by atoms with Crippen molar-refractivity contribution < 1.29 is 18.8 Å². The number of aryl methyl sites for hydroxylation is 1. The van der Waals surface area contributed by atoms with Crippen molar-refractivity contribution in [3.8, 4) is 0 Å². The summed E-state index contributed by atoms with van der Waals surface area (Å²) in [5, 5.41) is 6.71. The molecule has 1 aliphatic heterocycles. The quantitative estimate of drug-likeness (QED) is 0.727. The molecule has 1 aliphatic rings. The monoisotopic (exact) mass is 338 g/mol. The summed E-state index contributed by atoms with van der Waals surface area (Å²) in [7, 11) is 0. The molecule has 2 amide bonds. The third-order valence-electron chi connectivity index (χ3n) is 4.39. The van der Waals surface area contributed by atoms with Gasteiger partial charge in [0.15, 0.2) is 5.82 Å². The van der Waals surface area contributed by atoms with Crippen LogP contribution in [0.2, 0.25) is 0 Å². The topological polar surface area (TPSA) is 120 Å². The Morgan fingerprint density at radius 1 is 1.33 bits per heavy atom. The number of hydrogen-bond acceptors (Lipinski definition) is 6. The molecule has 2 heterocycles. The highest BCUT2D eigenvalue weighted by Gasteiger charge is 2.38. The fraction of sp³-hybridized carbons (Fsp3) is 0.750. The maximum atomic E-state index is 12.0. The molecule has 1 saturated heterocycles. The zero-order valence-corrected chi connectivity index (χ0v) is 14.3. The molecule has 0 aliphatic carbocycles. The standard InChI is InChI=1S/C16H26N4O4/c1-11(2)14-19-13(24-20-14)5-3-4-12(21)18-10-16(15(17)22)6-8-23-9-7-16/h11H,3-10H2,1-2H3,(H2,17,22)(H,18,21). The summed E-state index contributed by atoms with van der Waals surface area (Å²) in [5.41, 5.74) is 4.83. The van der Waals surface area contributed by atoms with Crippen molar-refractivity contribution in [1.82, 2.24) is 15.5 Å². The van der Waals surface area contributed by atoms with Crippen molar-refractivity contribution in [1.29, 1.82) is 0 Å². The molecular weight excluding hydrogens is 312 g/mol. The normalized spacial score (nSPS) is 17.0. The highest BCUT2D eigenvalue weighted by molar-refractivity contribution is 5.82. The predicted octanol–water partition coefficient (Wildman–Crippen LogP) is 0.914. The van der Waals surface area contributed by atoms with E-state index in [0.717, 1.165) is 0 Å². The predicted molar refractivity (Wildman–Crippen MR) is 86.0 cm³/mol. The van der Waals surface area contributed by atoms with E-state index in [1.54, 1.807) is 0 Å². The van der Waals surface area contributed by atoms with Crippen LogP contribution in [0.25, 0.3) is 0 Å². The Morgan fingerprint density at radius 3 is 2.62 bits per heavy atom. The number of nitrogens with one attached hydrogen (secondary N) is 1. The van der Waals surface area contributed by atoms with E-state index in [0.29, 0.717) is 57.0 Å². The van der Waals surface area contributed by atoms with Gasteiger partial charge in [-0.2, -0.15) is 4.98 Å². The number of nitrogens with zero attached hydrogens (tertiary/aromatic N) is 2. The van der Waals surface area contributed by atoms with E-state index < -0.39 is 5.41 Å². The van der Waals surface area contributed by atoms with E-state index in [1.165, 1.54) is 0 Å². The number of aromatic nitrogens is 2. The SMILES string of the molecule is CC(C)c1noc(CCCC(=O)NCC2(C(N)=O)CCOCC2)n1. The molecule has 0 bridgehead atoms. The third-order valence-corrected chi connectivity index (χ3v) is 4.39. The number of hydrogen-bond donors (Lipinski definition) is 2. The lowest BCUT2D eigenvalue weighted by Crippen LogP contribution is -2.49. The number of amides is 2. The van der Waals surface area contributed by atoms with Gasteiger partial charge in [-0.3, -0.25) is 9.59 Å². The zero-order valence-electron chi connectivity index (χ0n) is 14.3. The summed E-state index contributed by atoms with van der Waals surface area (Å²) in [6.07, 6.45) is 2.59. The van der Waals surface area contributed by atoms with Crippen molar-refractivity contribution in [2.45, 2.75) is 51.9 Å². The van der Waals surface area contributed by atoms with E-state index in [9.17, 15) is 9.59 Å². The molecule has 0 unspecified atom stereocenters. The Labute approximate surface area is 141 Å². The molecule has 0 radical (unpaired) electrons. The van der Waals surface area contributed by atoms with Gasteiger partial charge in [0.25, 0.3) is 0 Å². The fourth-order valence-corrected chi connectivity index (χ4v) is 2.63. The first-order valence-corrected chi connectivity index (χ1v) is 8.40. The van der Waals surface area contributed by atoms with Gasteiger partial charge in [0.05, 0.1) is 5.41 Å². The Kier molecular flexibility index (Phi) is 6.30. The lowest BCUT2D eigenvalue weighted by atomic mass is 9.79. The van der Waals surface area contributed by atoms with Crippen LogP contribution in [0.4, 0.5) is 0 Å². The van der Waals surface area contributed by atoms with Crippen molar-refractivity contribution in [2.75, 3.05) is 19.8 Å². The Hall–Kier alpha value is -1.96. The van der Waals surface area contributed by atoms with Gasteiger partial charge in [-0.1, -0.05) is 19.0 Å². The molecule has 0 saturated carbocycles. The van der Waals surface area contributed by atoms with Crippen LogP contribution in [0.1, 0.15) is 57.2 Å². The number of ether oxygens (including phenoxy) is 1. The molecule has 3 N–H and O–H groups in total. The molecular formula is C16H26N4O4. The van der Waals surface area contributed by atoms with E-state index in [2.05, 4.69) is 15.5 Å². The van der Waals surface area contributed by atoms with E-state index in [1.807, 2.05) is 13.8 Å².